The highest BCUT2D eigenvalue weighted by molar-refractivity contribution is 7.89. The Bertz CT molecular complexity index is 786. The zero-order valence-electron chi connectivity index (χ0n) is 10.9. The van der Waals surface area contributed by atoms with Crippen LogP contribution in [-0.4, -0.2) is 43.9 Å². The minimum Gasteiger partial charge on any atom is -0.408 e. The molecule has 1 aromatic heterocycles. The van der Waals surface area contributed by atoms with Crippen molar-refractivity contribution in [1.29, 1.82) is 0 Å². The van der Waals surface area contributed by atoms with E-state index in [1.807, 2.05) is 0 Å². The summed E-state index contributed by atoms with van der Waals surface area (Å²) in [5.74, 6) is -0.595. The summed E-state index contributed by atoms with van der Waals surface area (Å²) in [4.78, 5) is 13.7. The van der Waals surface area contributed by atoms with Gasteiger partial charge >= 0.3 is 5.76 Å². The highest BCUT2D eigenvalue weighted by atomic mass is 32.2. The van der Waals surface area contributed by atoms with Crippen LogP contribution in [0.15, 0.2) is 32.3 Å². The molecule has 2 N–H and O–H groups in total. The smallest absolute Gasteiger partial charge is 0.408 e. The monoisotopic (exact) mass is 297 g/mol. The Balaban J connectivity index is 2.01. The van der Waals surface area contributed by atoms with Crippen molar-refractivity contribution in [2.75, 3.05) is 20.1 Å². The number of fused-ring (bicyclic) bond motifs is 1. The average molecular weight is 297 g/mol. The summed E-state index contributed by atoms with van der Waals surface area (Å²) < 4.78 is 31.4. The maximum absolute atomic E-state index is 12.5. The zero-order chi connectivity index (χ0) is 14.3. The van der Waals surface area contributed by atoms with Crippen molar-refractivity contribution < 1.29 is 12.8 Å². The summed E-state index contributed by atoms with van der Waals surface area (Å²) >= 11 is 0. The summed E-state index contributed by atoms with van der Waals surface area (Å²) in [5, 5.41) is 3.14. The van der Waals surface area contributed by atoms with E-state index in [9.17, 15) is 13.2 Å². The molecule has 0 bridgehead atoms. The van der Waals surface area contributed by atoms with E-state index in [2.05, 4.69) is 10.3 Å². The van der Waals surface area contributed by atoms with E-state index in [0.717, 1.165) is 13.0 Å². The Morgan fingerprint density at radius 1 is 1.40 bits per heavy atom. The fourth-order valence-corrected chi connectivity index (χ4v) is 3.80. The fourth-order valence-electron chi connectivity index (χ4n) is 2.40. The van der Waals surface area contributed by atoms with Gasteiger partial charge in [-0.3, -0.25) is 4.98 Å². The Kier molecular flexibility index (Phi) is 3.15. The Morgan fingerprint density at radius 2 is 2.20 bits per heavy atom. The topological polar surface area (TPSA) is 95.4 Å². The van der Waals surface area contributed by atoms with Crippen molar-refractivity contribution in [2.45, 2.75) is 17.4 Å². The van der Waals surface area contributed by atoms with Crippen LogP contribution < -0.4 is 11.1 Å². The van der Waals surface area contributed by atoms with E-state index in [4.69, 9.17) is 4.42 Å². The van der Waals surface area contributed by atoms with Crippen LogP contribution >= 0.6 is 0 Å². The van der Waals surface area contributed by atoms with Crippen LogP contribution in [0.3, 0.4) is 0 Å². The molecule has 1 atom stereocenters. The minimum atomic E-state index is -3.59. The second-order valence-corrected chi connectivity index (χ2v) is 6.84. The molecule has 108 valence electrons. The third-order valence-electron chi connectivity index (χ3n) is 3.62. The van der Waals surface area contributed by atoms with Gasteiger partial charge in [-0.1, -0.05) is 0 Å². The van der Waals surface area contributed by atoms with Gasteiger partial charge in [-0.2, -0.15) is 4.31 Å². The molecule has 1 unspecified atom stereocenters. The molecule has 1 saturated heterocycles. The summed E-state index contributed by atoms with van der Waals surface area (Å²) in [6, 6.07) is 4.34. The van der Waals surface area contributed by atoms with Crippen molar-refractivity contribution in [3.8, 4) is 0 Å². The number of benzene rings is 1. The lowest BCUT2D eigenvalue weighted by molar-refractivity contribution is 0.387. The lowest BCUT2D eigenvalue weighted by atomic mass is 10.3. The molecule has 8 heteroatoms. The van der Waals surface area contributed by atoms with Crippen molar-refractivity contribution in [3.05, 3.63) is 28.7 Å². The number of H-pyrrole nitrogens is 1. The molecule has 1 aromatic carbocycles. The van der Waals surface area contributed by atoms with Crippen LogP contribution in [0.4, 0.5) is 0 Å². The summed E-state index contributed by atoms with van der Waals surface area (Å²) in [5.41, 5.74) is 0.730. The van der Waals surface area contributed by atoms with Gasteiger partial charge in [0.25, 0.3) is 0 Å². The third kappa shape index (κ3) is 2.15. The average Bonchev–Trinajstić information content (AvgIpc) is 3.04. The fraction of sp³-hybridized carbons (Fsp3) is 0.417. The van der Waals surface area contributed by atoms with Crippen LogP contribution in [0.1, 0.15) is 6.42 Å². The predicted molar refractivity (Wildman–Crippen MR) is 73.1 cm³/mol. The quantitative estimate of drug-likeness (QED) is 0.838. The van der Waals surface area contributed by atoms with Crippen molar-refractivity contribution in [2.24, 2.45) is 0 Å². The minimum absolute atomic E-state index is 0.0473. The van der Waals surface area contributed by atoms with Gasteiger partial charge < -0.3 is 9.73 Å². The van der Waals surface area contributed by atoms with E-state index in [0.29, 0.717) is 12.1 Å². The second kappa shape index (κ2) is 4.72. The number of rotatable bonds is 3. The molecule has 2 aromatic rings. The van der Waals surface area contributed by atoms with Gasteiger partial charge in [-0.25, -0.2) is 13.2 Å². The van der Waals surface area contributed by atoms with Crippen LogP contribution in [-0.2, 0) is 10.0 Å². The lowest BCUT2D eigenvalue weighted by Gasteiger charge is -2.23. The molecule has 1 aliphatic rings. The maximum atomic E-state index is 12.5. The Labute approximate surface area is 115 Å². The summed E-state index contributed by atoms with van der Waals surface area (Å²) in [6.45, 7) is 1.47. The molecule has 2 heterocycles. The van der Waals surface area contributed by atoms with E-state index in [1.165, 1.54) is 22.5 Å². The third-order valence-corrected chi connectivity index (χ3v) is 5.52. The van der Waals surface area contributed by atoms with Crippen LogP contribution in [0, 0.1) is 0 Å². The molecule has 0 saturated carbocycles. The maximum Gasteiger partial charge on any atom is 0.417 e. The highest BCUT2D eigenvalue weighted by Crippen LogP contribution is 2.22. The number of sulfonamides is 1. The standard InChI is InChI=1S/C12H15N3O4S/c1-15(8-4-5-13-7-8)20(17,18)9-2-3-10-11(6-9)19-12(16)14-10/h2-3,6,8,13H,4-5,7H2,1H3,(H,14,16). The van der Waals surface area contributed by atoms with Crippen molar-refractivity contribution >= 4 is 21.1 Å². The number of hydrogen-bond acceptors (Lipinski definition) is 5. The van der Waals surface area contributed by atoms with E-state index in [1.54, 1.807) is 7.05 Å². The number of aromatic nitrogens is 1. The molecule has 7 nitrogen and oxygen atoms in total. The Morgan fingerprint density at radius 3 is 2.90 bits per heavy atom. The molecule has 1 fully saturated rings. The number of likely N-dealkylation sites (N-methyl/N-ethyl adjacent to an activating group) is 1. The van der Waals surface area contributed by atoms with Crippen molar-refractivity contribution in [3.63, 3.8) is 0 Å². The van der Waals surface area contributed by atoms with Crippen LogP contribution in [0.5, 0.6) is 0 Å². The van der Waals surface area contributed by atoms with E-state index >= 15 is 0 Å². The SMILES string of the molecule is CN(C1CCNC1)S(=O)(=O)c1ccc2[nH]c(=O)oc2c1. The lowest BCUT2D eigenvalue weighted by Crippen LogP contribution is -2.38. The van der Waals surface area contributed by atoms with Gasteiger partial charge in [0.2, 0.25) is 10.0 Å². The zero-order valence-corrected chi connectivity index (χ0v) is 11.7. The second-order valence-electron chi connectivity index (χ2n) is 4.84. The van der Waals surface area contributed by atoms with Crippen molar-refractivity contribution in [1.82, 2.24) is 14.6 Å². The molecule has 20 heavy (non-hydrogen) atoms. The normalized spacial score (nSPS) is 20.0. The first-order chi connectivity index (χ1) is 9.48. The molecular weight excluding hydrogens is 282 g/mol. The van der Waals surface area contributed by atoms with Crippen LogP contribution in [0.2, 0.25) is 0 Å². The number of hydrogen-bond donors (Lipinski definition) is 2. The molecule has 3 rings (SSSR count). The molecule has 0 amide bonds. The molecule has 1 aliphatic heterocycles. The number of aromatic amines is 1. The molecule has 0 spiro atoms. The predicted octanol–water partition coefficient (Wildman–Crippen LogP) is 0.103. The number of oxazole rings is 1. The first-order valence-electron chi connectivity index (χ1n) is 6.30. The number of nitrogens with zero attached hydrogens (tertiary/aromatic N) is 1. The largest absolute Gasteiger partial charge is 0.417 e. The van der Waals surface area contributed by atoms with Gasteiger partial charge in [0.15, 0.2) is 5.58 Å². The van der Waals surface area contributed by atoms with Gasteiger partial charge in [-0.15, -0.1) is 0 Å². The summed E-state index contributed by atoms with van der Waals surface area (Å²) in [6.07, 6.45) is 0.789. The van der Waals surface area contributed by atoms with E-state index < -0.39 is 15.8 Å². The first-order valence-corrected chi connectivity index (χ1v) is 7.74. The van der Waals surface area contributed by atoms with Gasteiger partial charge in [0.1, 0.15) is 0 Å². The summed E-state index contributed by atoms with van der Waals surface area (Å²) in [7, 11) is -2.01. The first kappa shape index (κ1) is 13.3. The number of nitrogens with one attached hydrogen (secondary N) is 2. The van der Waals surface area contributed by atoms with Gasteiger partial charge in [0, 0.05) is 25.7 Å². The van der Waals surface area contributed by atoms with Crippen LogP contribution in [0.25, 0.3) is 11.1 Å². The van der Waals surface area contributed by atoms with Gasteiger partial charge in [-0.05, 0) is 25.1 Å². The molecular formula is C12H15N3O4S. The van der Waals surface area contributed by atoms with E-state index in [-0.39, 0.29) is 16.5 Å². The highest BCUT2D eigenvalue weighted by Gasteiger charge is 2.30. The molecule has 0 aliphatic carbocycles. The molecule has 0 radical (unpaired) electrons. The van der Waals surface area contributed by atoms with Gasteiger partial charge in [0.05, 0.1) is 10.4 Å². The Hall–Kier alpha value is -1.64.